The van der Waals surface area contributed by atoms with Crippen LogP contribution in [0.25, 0.3) is 21.9 Å². The Balaban J connectivity index is 2.27. The average molecular weight is 300 g/mol. The number of H-pyrrole nitrogens is 2. The number of carbonyl (C=O) groups excluding carboxylic acids is 1. The summed E-state index contributed by atoms with van der Waals surface area (Å²) in [6.45, 7) is 0.773. The van der Waals surface area contributed by atoms with E-state index in [1.165, 1.54) is 7.11 Å². The highest BCUT2D eigenvalue weighted by Gasteiger charge is 2.15. The lowest BCUT2D eigenvalue weighted by Crippen LogP contribution is -2.16. The van der Waals surface area contributed by atoms with Crippen LogP contribution in [0.2, 0.25) is 0 Å². The minimum atomic E-state index is -0.669. The molecular weight excluding hydrogens is 284 g/mol. The van der Waals surface area contributed by atoms with Crippen LogP contribution in [0.3, 0.4) is 0 Å². The van der Waals surface area contributed by atoms with Crippen LogP contribution < -0.4 is 5.56 Å². The number of hydrogen-bond acceptors (Lipinski definition) is 5. The molecule has 3 aromatic rings. The van der Waals surface area contributed by atoms with Gasteiger partial charge in [0.25, 0.3) is 5.56 Å². The first-order valence-electron chi connectivity index (χ1n) is 6.77. The molecule has 0 aliphatic carbocycles. The van der Waals surface area contributed by atoms with E-state index in [4.69, 9.17) is 0 Å². The molecular formula is C15H16N4O3. The van der Waals surface area contributed by atoms with Crippen molar-refractivity contribution < 1.29 is 9.53 Å². The molecule has 1 aromatic carbocycles. The Morgan fingerprint density at radius 3 is 2.77 bits per heavy atom. The van der Waals surface area contributed by atoms with Gasteiger partial charge in [-0.3, -0.25) is 9.78 Å². The topological polar surface area (TPSA) is 91.1 Å². The second-order valence-electron chi connectivity index (χ2n) is 5.37. The third-order valence-corrected chi connectivity index (χ3v) is 3.40. The number of methoxy groups -OCH3 is 1. The van der Waals surface area contributed by atoms with Gasteiger partial charge in [-0.25, -0.2) is 9.78 Å². The van der Waals surface area contributed by atoms with Crippen LogP contribution in [-0.4, -0.2) is 47.0 Å². The Bertz CT molecular complexity index is 924. The molecule has 0 spiro atoms. The molecule has 2 heterocycles. The predicted octanol–water partition coefficient (Wildman–Crippen LogP) is 1.25. The van der Waals surface area contributed by atoms with E-state index in [0.29, 0.717) is 11.0 Å². The Labute approximate surface area is 125 Å². The van der Waals surface area contributed by atoms with Crippen molar-refractivity contribution >= 4 is 27.9 Å². The van der Waals surface area contributed by atoms with Gasteiger partial charge in [0, 0.05) is 17.4 Å². The van der Waals surface area contributed by atoms with Crippen molar-refractivity contribution in [2.75, 3.05) is 21.2 Å². The van der Waals surface area contributed by atoms with E-state index >= 15 is 0 Å². The maximum Gasteiger partial charge on any atom is 0.374 e. The van der Waals surface area contributed by atoms with Gasteiger partial charge in [-0.2, -0.15) is 0 Å². The number of fused-ring (bicyclic) bond motifs is 3. The van der Waals surface area contributed by atoms with Crippen LogP contribution in [0.15, 0.2) is 23.0 Å². The fourth-order valence-electron chi connectivity index (χ4n) is 2.47. The second-order valence-corrected chi connectivity index (χ2v) is 5.37. The number of hydrogen-bond donors (Lipinski definition) is 2. The third-order valence-electron chi connectivity index (χ3n) is 3.40. The van der Waals surface area contributed by atoms with E-state index in [1.54, 1.807) is 0 Å². The average Bonchev–Trinajstić information content (AvgIpc) is 2.84. The SMILES string of the molecule is COC(=O)c1nc2c([nH]c3ccc(CN(C)C)cc32)c(=O)[nH]1. The Morgan fingerprint density at radius 1 is 1.32 bits per heavy atom. The number of benzene rings is 1. The van der Waals surface area contributed by atoms with Gasteiger partial charge < -0.3 is 14.6 Å². The molecule has 0 radical (unpaired) electrons. The van der Waals surface area contributed by atoms with Crippen molar-refractivity contribution in [2.24, 2.45) is 0 Å². The molecule has 0 aliphatic heterocycles. The summed E-state index contributed by atoms with van der Waals surface area (Å²) in [7, 11) is 5.21. The van der Waals surface area contributed by atoms with E-state index in [2.05, 4.69) is 24.6 Å². The number of aromatic nitrogens is 3. The summed E-state index contributed by atoms with van der Waals surface area (Å²) < 4.78 is 4.62. The molecule has 22 heavy (non-hydrogen) atoms. The fourth-order valence-corrected chi connectivity index (χ4v) is 2.47. The van der Waals surface area contributed by atoms with E-state index < -0.39 is 11.5 Å². The van der Waals surface area contributed by atoms with E-state index in [9.17, 15) is 9.59 Å². The molecule has 2 N–H and O–H groups in total. The number of carbonyl (C=O) groups is 1. The zero-order valence-corrected chi connectivity index (χ0v) is 12.6. The molecule has 7 nitrogen and oxygen atoms in total. The van der Waals surface area contributed by atoms with Crippen molar-refractivity contribution in [3.05, 3.63) is 39.9 Å². The summed E-state index contributed by atoms with van der Waals surface area (Å²) in [4.78, 5) is 35.5. The van der Waals surface area contributed by atoms with E-state index in [1.807, 2.05) is 32.3 Å². The summed E-state index contributed by atoms with van der Waals surface area (Å²) in [6, 6.07) is 5.88. The van der Waals surface area contributed by atoms with Gasteiger partial charge in [0.15, 0.2) is 0 Å². The van der Waals surface area contributed by atoms with Crippen LogP contribution in [-0.2, 0) is 11.3 Å². The second kappa shape index (κ2) is 5.27. The summed E-state index contributed by atoms with van der Waals surface area (Å²) in [5.41, 5.74) is 2.33. The first-order valence-corrected chi connectivity index (χ1v) is 6.77. The smallest absolute Gasteiger partial charge is 0.374 e. The Kier molecular flexibility index (Phi) is 3.42. The molecule has 0 amide bonds. The quantitative estimate of drug-likeness (QED) is 0.710. The normalized spacial score (nSPS) is 11.5. The number of nitrogens with one attached hydrogen (secondary N) is 2. The summed E-state index contributed by atoms with van der Waals surface area (Å²) in [5, 5.41) is 0.811. The molecule has 0 saturated carbocycles. The van der Waals surface area contributed by atoms with Crippen molar-refractivity contribution in [1.29, 1.82) is 0 Å². The highest BCUT2D eigenvalue weighted by atomic mass is 16.5. The zero-order chi connectivity index (χ0) is 15.9. The van der Waals surface area contributed by atoms with E-state index in [0.717, 1.165) is 23.0 Å². The molecule has 3 rings (SSSR count). The van der Waals surface area contributed by atoms with Crippen LogP contribution in [0.4, 0.5) is 0 Å². The van der Waals surface area contributed by atoms with Gasteiger partial charge in [0.2, 0.25) is 5.82 Å². The molecule has 114 valence electrons. The number of nitrogens with zero attached hydrogens (tertiary/aromatic N) is 2. The van der Waals surface area contributed by atoms with Crippen LogP contribution in [0.1, 0.15) is 16.2 Å². The number of esters is 1. The molecule has 7 heteroatoms. The van der Waals surface area contributed by atoms with Gasteiger partial charge in [-0.1, -0.05) is 6.07 Å². The predicted molar refractivity (Wildman–Crippen MR) is 83.0 cm³/mol. The highest BCUT2D eigenvalue weighted by Crippen LogP contribution is 2.23. The van der Waals surface area contributed by atoms with Gasteiger partial charge in [0.1, 0.15) is 11.0 Å². The fraction of sp³-hybridized carbons (Fsp3) is 0.267. The summed E-state index contributed by atoms with van der Waals surface area (Å²) in [5.74, 6) is -0.767. The lowest BCUT2D eigenvalue weighted by Gasteiger charge is -2.09. The minimum Gasteiger partial charge on any atom is -0.463 e. The number of rotatable bonds is 3. The summed E-state index contributed by atoms with van der Waals surface area (Å²) >= 11 is 0. The molecule has 0 bridgehead atoms. The van der Waals surface area contributed by atoms with Crippen LogP contribution in [0.5, 0.6) is 0 Å². The molecule has 0 aliphatic rings. The maximum atomic E-state index is 12.1. The van der Waals surface area contributed by atoms with Crippen molar-refractivity contribution in [3.63, 3.8) is 0 Å². The molecule has 0 unspecified atom stereocenters. The van der Waals surface area contributed by atoms with Crippen LogP contribution >= 0.6 is 0 Å². The Morgan fingerprint density at radius 2 is 2.09 bits per heavy atom. The first-order chi connectivity index (χ1) is 10.5. The molecule has 0 saturated heterocycles. The number of aromatic amines is 2. The lowest BCUT2D eigenvalue weighted by molar-refractivity contribution is 0.0587. The maximum absolute atomic E-state index is 12.1. The van der Waals surface area contributed by atoms with Crippen LogP contribution in [0, 0.1) is 0 Å². The minimum absolute atomic E-state index is 0.0982. The first kappa shape index (κ1) is 14.3. The molecule has 0 fully saturated rings. The van der Waals surface area contributed by atoms with Crippen molar-refractivity contribution in [1.82, 2.24) is 19.9 Å². The highest BCUT2D eigenvalue weighted by molar-refractivity contribution is 6.05. The molecule has 2 aromatic heterocycles. The van der Waals surface area contributed by atoms with Crippen molar-refractivity contribution in [2.45, 2.75) is 6.54 Å². The zero-order valence-electron chi connectivity index (χ0n) is 12.6. The van der Waals surface area contributed by atoms with E-state index in [-0.39, 0.29) is 5.82 Å². The lowest BCUT2D eigenvalue weighted by atomic mass is 10.1. The standard InChI is InChI=1S/C15H16N4O3/c1-19(2)7-8-4-5-10-9(6-8)11-12(16-10)14(20)18-13(17-11)15(21)22-3/h4-6,16H,7H2,1-3H3,(H,17,18,20). The van der Waals surface area contributed by atoms with Gasteiger partial charge >= 0.3 is 5.97 Å². The monoisotopic (exact) mass is 300 g/mol. The van der Waals surface area contributed by atoms with Crippen molar-refractivity contribution in [3.8, 4) is 0 Å². The summed E-state index contributed by atoms with van der Waals surface area (Å²) in [6.07, 6.45) is 0. The van der Waals surface area contributed by atoms with Gasteiger partial charge in [-0.15, -0.1) is 0 Å². The third kappa shape index (κ3) is 2.35. The largest absolute Gasteiger partial charge is 0.463 e. The molecule has 0 atom stereocenters. The Hall–Kier alpha value is -2.67. The number of ether oxygens (including phenoxy) is 1. The van der Waals surface area contributed by atoms with Gasteiger partial charge in [-0.05, 0) is 31.8 Å². The van der Waals surface area contributed by atoms with Gasteiger partial charge in [0.05, 0.1) is 7.11 Å².